The smallest absolute Gasteiger partial charge is 0.0667 e. The molecule has 17 heavy (non-hydrogen) atoms. The Morgan fingerprint density at radius 3 is 2.88 bits per heavy atom. The highest BCUT2D eigenvalue weighted by Crippen LogP contribution is 2.35. The van der Waals surface area contributed by atoms with Crippen molar-refractivity contribution >= 4 is 0 Å². The van der Waals surface area contributed by atoms with Crippen molar-refractivity contribution in [2.75, 3.05) is 13.1 Å². The minimum atomic E-state index is -0.113. The Morgan fingerprint density at radius 2 is 2.00 bits per heavy atom. The third kappa shape index (κ3) is 2.24. The average molecular weight is 231 g/mol. The van der Waals surface area contributed by atoms with Gasteiger partial charge in [-0.25, -0.2) is 0 Å². The summed E-state index contributed by atoms with van der Waals surface area (Å²) in [6.45, 7) is 2.01. The molecule has 0 aromatic heterocycles. The predicted octanol–water partition coefficient (Wildman–Crippen LogP) is 2.52. The molecule has 3 rings (SSSR count). The molecule has 0 saturated carbocycles. The van der Waals surface area contributed by atoms with Crippen LogP contribution in [0.3, 0.4) is 0 Å². The molecule has 2 aliphatic rings. The first-order valence-corrected chi connectivity index (χ1v) is 6.84. The topological polar surface area (TPSA) is 23.5 Å². The van der Waals surface area contributed by atoms with Crippen LogP contribution in [-0.2, 0) is 6.42 Å². The zero-order valence-electron chi connectivity index (χ0n) is 10.3. The molecule has 1 aliphatic carbocycles. The highest BCUT2D eigenvalue weighted by atomic mass is 16.3. The quantitative estimate of drug-likeness (QED) is 0.803. The lowest BCUT2D eigenvalue weighted by Gasteiger charge is -2.39. The van der Waals surface area contributed by atoms with E-state index in [4.69, 9.17) is 0 Å². The number of aliphatic hydroxyl groups excluding tert-OH is 1. The lowest BCUT2D eigenvalue weighted by molar-refractivity contribution is 0.0413. The molecule has 1 aromatic rings. The molecule has 2 heteroatoms. The van der Waals surface area contributed by atoms with E-state index < -0.39 is 0 Å². The fraction of sp³-hybridized carbons (Fsp3) is 0.600. The van der Waals surface area contributed by atoms with E-state index >= 15 is 0 Å². The number of rotatable bonds is 1. The first kappa shape index (κ1) is 11.2. The monoisotopic (exact) mass is 231 g/mol. The van der Waals surface area contributed by atoms with Gasteiger partial charge in [0.1, 0.15) is 0 Å². The average Bonchev–Trinajstić information content (AvgIpc) is 2.38. The zero-order valence-corrected chi connectivity index (χ0v) is 10.3. The molecule has 0 spiro atoms. The van der Waals surface area contributed by atoms with Gasteiger partial charge in [-0.1, -0.05) is 24.3 Å². The van der Waals surface area contributed by atoms with Gasteiger partial charge in [-0.3, -0.25) is 4.90 Å². The van der Waals surface area contributed by atoms with Crippen molar-refractivity contribution in [1.29, 1.82) is 0 Å². The SMILES string of the molecule is O[C@@H]1CCCN([C@@H]2CCCc3ccccc32)C1. The van der Waals surface area contributed by atoms with Crippen molar-refractivity contribution in [3.63, 3.8) is 0 Å². The van der Waals surface area contributed by atoms with Crippen LogP contribution in [0.15, 0.2) is 24.3 Å². The largest absolute Gasteiger partial charge is 0.392 e. The Morgan fingerprint density at radius 1 is 1.12 bits per heavy atom. The number of likely N-dealkylation sites (tertiary alicyclic amines) is 1. The molecule has 1 aliphatic heterocycles. The molecule has 0 unspecified atom stereocenters. The summed E-state index contributed by atoms with van der Waals surface area (Å²) in [4.78, 5) is 2.49. The van der Waals surface area contributed by atoms with Gasteiger partial charge < -0.3 is 5.11 Å². The Labute approximate surface area is 103 Å². The summed E-state index contributed by atoms with van der Waals surface area (Å²) in [5.74, 6) is 0. The van der Waals surface area contributed by atoms with E-state index in [1.54, 1.807) is 0 Å². The molecule has 1 fully saturated rings. The maximum Gasteiger partial charge on any atom is 0.0667 e. The van der Waals surface area contributed by atoms with Gasteiger partial charge in [-0.05, 0) is 49.8 Å². The van der Waals surface area contributed by atoms with Gasteiger partial charge in [0.2, 0.25) is 0 Å². The van der Waals surface area contributed by atoms with Crippen molar-refractivity contribution in [3.05, 3.63) is 35.4 Å². The van der Waals surface area contributed by atoms with E-state index in [1.165, 1.54) is 30.4 Å². The maximum absolute atomic E-state index is 9.82. The van der Waals surface area contributed by atoms with Crippen molar-refractivity contribution in [3.8, 4) is 0 Å². The lowest BCUT2D eigenvalue weighted by Crippen LogP contribution is -2.41. The number of hydrogen-bond acceptors (Lipinski definition) is 2. The molecule has 1 heterocycles. The Bertz CT molecular complexity index is 390. The first-order chi connectivity index (χ1) is 8.34. The molecule has 0 amide bonds. The third-order valence-corrected chi connectivity index (χ3v) is 4.21. The number of piperidine rings is 1. The van der Waals surface area contributed by atoms with Crippen LogP contribution in [0.1, 0.15) is 42.9 Å². The van der Waals surface area contributed by atoms with Crippen LogP contribution in [-0.4, -0.2) is 29.2 Å². The van der Waals surface area contributed by atoms with Gasteiger partial charge in [0.25, 0.3) is 0 Å². The summed E-state index contributed by atoms with van der Waals surface area (Å²) < 4.78 is 0. The Hall–Kier alpha value is -0.860. The van der Waals surface area contributed by atoms with Crippen LogP contribution in [0.2, 0.25) is 0 Å². The summed E-state index contributed by atoms with van der Waals surface area (Å²) in [6, 6.07) is 9.39. The molecule has 1 aromatic carbocycles. The molecule has 0 radical (unpaired) electrons. The standard InChI is InChI=1S/C15H21NO/c17-13-7-4-10-16(11-13)15-9-3-6-12-5-1-2-8-14(12)15/h1-2,5,8,13,15,17H,3-4,6-7,9-11H2/t13-,15-/m1/s1. The van der Waals surface area contributed by atoms with Gasteiger partial charge in [0.15, 0.2) is 0 Å². The molecule has 92 valence electrons. The number of hydrogen-bond donors (Lipinski definition) is 1. The predicted molar refractivity (Wildman–Crippen MR) is 68.9 cm³/mol. The van der Waals surface area contributed by atoms with Gasteiger partial charge in [0, 0.05) is 12.6 Å². The van der Waals surface area contributed by atoms with Crippen LogP contribution in [0.4, 0.5) is 0 Å². The second-order valence-corrected chi connectivity index (χ2v) is 5.40. The summed E-state index contributed by atoms with van der Waals surface area (Å²) in [7, 11) is 0. The molecular formula is C15H21NO. The number of fused-ring (bicyclic) bond motifs is 1. The summed E-state index contributed by atoms with van der Waals surface area (Å²) in [5, 5.41) is 9.82. The number of benzene rings is 1. The number of aliphatic hydroxyl groups is 1. The van der Waals surface area contributed by atoms with Gasteiger partial charge in [0.05, 0.1) is 6.10 Å². The fourth-order valence-electron chi connectivity index (χ4n) is 3.37. The van der Waals surface area contributed by atoms with Crippen LogP contribution < -0.4 is 0 Å². The molecule has 2 atom stereocenters. The van der Waals surface area contributed by atoms with E-state index in [0.717, 1.165) is 25.9 Å². The van der Waals surface area contributed by atoms with Crippen molar-refractivity contribution in [1.82, 2.24) is 4.90 Å². The van der Waals surface area contributed by atoms with E-state index in [1.807, 2.05) is 0 Å². The minimum absolute atomic E-state index is 0.113. The van der Waals surface area contributed by atoms with Gasteiger partial charge >= 0.3 is 0 Å². The first-order valence-electron chi connectivity index (χ1n) is 6.84. The normalized spacial score (nSPS) is 29.9. The van der Waals surface area contributed by atoms with Crippen molar-refractivity contribution in [2.45, 2.75) is 44.2 Å². The lowest BCUT2D eigenvalue weighted by atomic mass is 9.86. The van der Waals surface area contributed by atoms with Crippen LogP contribution in [0, 0.1) is 0 Å². The highest BCUT2D eigenvalue weighted by Gasteiger charge is 2.28. The van der Waals surface area contributed by atoms with E-state index in [9.17, 15) is 5.11 Å². The van der Waals surface area contributed by atoms with Crippen LogP contribution >= 0.6 is 0 Å². The highest BCUT2D eigenvalue weighted by molar-refractivity contribution is 5.32. The van der Waals surface area contributed by atoms with Gasteiger partial charge in [-0.2, -0.15) is 0 Å². The molecule has 1 N–H and O–H groups in total. The van der Waals surface area contributed by atoms with Crippen molar-refractivity contribution < 1.29 is 5.11 Å². The molecular weight excluding hydrogens is 210 g/mol. The number of nitrogens with zero attached hydrogens (tertiary/aromatic N) is 1. The summed E-state index contributed by atoms with van der Waals surface area (Å²) in [6.07, 6.45) is 5.77. The second kappa shape index (κ2) is 4.79. The Kier molecular flexibility index (Phi) is 3.17. The number of β-amino-alcohol motifs (C(OH)–C–C–N with tert-alkyl or cyclic N) is 1. The summed E-state index contributed by atoms with van der Waals surface area (Å²) >= 11 is 0. The maximum atomic E-state index is 9.82. The van der Waals surface area contributed by atoms with E-state index in [-0.39, 0.29) is 6.10 Å². The summed E-state index contributed by atoms with van der Waals surface area (Å²) in [5.41, 5.74) is 3.02. The number of aryl methyl sites for hydroxylation is 1. The van der Waals surface area contributed by atoms with Crippen LogP contribution in [0.5, 0.6) is 0 Å². The third-order valence-electron chi connectivity index (χ3n) is 4.21. The minimum Gasteiger partial charge on any atom is -0.392 e. The second-order valence-electron chi connectivity index (χ2n) is 5.40. The van der Waals surface area contributed by atoms with Gasteiger partial charge in [-0.15, -0.1) is 0 Å². The zero-order chi connectivity index (χ0) is 11.7. The molecule has 0 bridgehead atoms. The van der Waals surface area contributed by atoms with Crippen LogP contribution in [0.25, 0.3) is 0 Å². The molecule has 1 saturated heterocycles. The van der Waals surface area contributed by atoms with E-state index in [0.29, 0.717) is 6.04 Å². The van der Waals surface area contributed by atoms with Crippen molar-refractivity contribution in [2.24, 2.45) is 0 Å². The van der Waals surface area contributed by atoms with E-state index in [2.05, 4.69) is 29.2 Å². The fourth-order valence-corrected chi connectivity index (χ4v) is 3.37. The molecule has 2 nitrogen and oxygen atoms in total. The Balaban J connectivity index is 1.84.